The fourth-order valence-corrected chi connectivity index (χ4v) is 2.16. The maximum Gasteiger partial charge on any atom is 0.331 e. The molecule has 0 unspecified atom stereocenters. The van der Waals surface area contributed by atoms with Crippen LogP contribution in [0.25, 0.3) is 5.57 Å². The van der Waals surface area contributed by atoms with Gasteiger partial charge in [-0.05, 0) is 47.9 Å². The quantitative estimate of drug-likeness (QED) is 0.596. The average molecular weight is 349 g/mol. The smallest absolute Gasteiger partial charge is 0.331 e. The molecule has 4 heteroatoms. The first-order valence-electron chi connectivity index (χ1n) is 6.50. The minimum atomic E-state index is -0.417. The summed E-state index contributed by atoms with van der Waals surface area (Å²) >= 11 is 3.38. The van der Waals surface area contributed by atoms with Crippen LogP contribution in [0, 0.1) is 5.82 Å². The minimum Gasteiger partial charge on any atom is -0.463 e. The third-order valence-corrected chi connectivity index (χ3v) is 3.39. The van der Waals surface area contributed by atoms with E-state index in [1.54, 1.807) is 19.1 Å². The highest BCUT2D eigenvalue weighted by molar-refractivity contribution is 9.10. The summed E-state index contributed by atoms with van der Waals surface area (Å²) in [4.78, 5) is 11.8. The van der Waals surface area contributed by atoms with Gasteiger partial charge in [0.1, 0.15) is 5.82 Å². The van der Waals surface area contributed by atoms with Gasteiger partial charge in [0.05, 0.1) is 6.61 Å². The summed E-state index contributed by atoms with van der Waals surface area (Å²) in [5.74, 6) is -0.732. The highest BCUT2D eigenvalue weighted by Gasteiger charge is 2.09. The van der Waals surface area contributed by atoms with E-state index >= 15 is 0 Å². The zero-order valence-corrected chi connectivity index (χ0v) is 13.1. The Morgan fingerprint density at radius 2 is 1.62 bits per heavy atom. The summed E-state index contributed by atoms with van der Waals surface area (Å²) in [6.07, 6.45) is 1.43. The first-order chi connectivity index (χ1) is 10.1. The number of hydrogen-bond donors (Lipinski definition) is 0. The van der Waals surface area contributed by atoms with Crippen molar-refractivity contribution < 1.29 is 13.9 Å². The Labute approximate surface area is 131 Å². The maximum atomic E-state index is 13.1. The molecule has 0 aliphatic heterocycles. The number of rotatable bonds is 4. The summed E-state index contributed by atoms with van der Waals surface area (Å²) in [6.45, 7) is 2.06. The second-order valence-electron chi connectivity index (χ2n) is 4.32. The molecule has 108 valence electrons. The highest BCUT2D eigenvalue weighted by Crippen LogP contribution is 2.25. The highest BCUT2D eigenvalue weighted by atomic mass is 79.9. The van der Waals surface area contributed by atoms with Gasteiger partial charge in [-0.1, -0.05) is 40.2 Å². The van der Waals surface area contributed by atoms with E-state index in [9.17, 15) is 9.18 Å². The number of ether oxygens (including phenoxy) is 1. The molecule has 0 amide bonds. The van der Waals surface area contributed by atoms with Crippen molar-refractivity contribution >= 4 is 27.5 Å². The van der Waals surface area contributed by atoms with Crippen molar-refractivity contribution in [3.05, 3.63) is 76.0 Å². The van der Waals surface area contributed by atoms with Crippen LogP contribution >= 0.6 is 15.9 Å². The Kier molecular flexibility index (Phi) is 5.28. The minimum absolute atomic E-state index is 0.312. The molecule has 21 heavy (non-hydrogen) atoms. The maximum absolute atomic E-state index is 13.1. The van der Waals surface area contributed by atoms with Crippen LogP contribution in [0.5, 0.6) is 0 Å². The molecule has 0 atom stereocenters. The van der Waals surface area contributed by atoms with E-state index in [4.69, 9.17) is 4.74 Å². The number of halogens is 2. The lowest BCUT2D eigenvalue weighted by molar-refractivity contribution is -0.137. The molecular weight excluding hydrogens is 335 g/mol. The van der Waals surface area contributed by atoms with E-state index in [1.807, 2.05) is 24.3 Å². The van der Waals surface area contributed by atoms with E-state index in [-0.39, 0.29) is 5.82 Å². The Balaban J connectivity index is 2.46. The molecule has 0 aliphatic rings. The van der Waals surface area contributed by atoms with Crippen LogP contribution < -0.4 is 0 Å². The zero-order valence-electron chi connectivity index (χ0n) is 11.5. The van der Waals surface area contributed by atoms with Gasteiger partial charge in [-0.2, -0.15) is 0 Å². The molecule has 0 spiro atoms. The van der Waals surface area contributed by atoms with Gasteiger partial charge in [-0.3, -0.25) is 0 Å². The van der Waals surface area contributed by atoms with Crippen LogP contribution in [-0.4, -0.2) is 12.6 Å². The van der Waals surface area contributed by atoms with Gasteiger partial charge in [0, 0.05) is 10.5 Å². The topological polar surface area (TPSA) is 26.3 Å². The van der Waals surface area contributed by atoms with Crippen molar-refractivity contribution in [2.24, 2.45) is 0 Å². The number of hydrogen-bond acceptors (Lipinski definition) is 2. The summed E-state index contributed by atoms with van der Waals surface area (Å²) in [6, 6.07) is 13.6. The van der Waals surface area contributed by atoms with Crippen LogP contribution in [0.3, 0.4) is 0 Å². The molecule has 2 aromatic carbocycles. The molecule has 0 fully saturated rings. The van der Waals surface area contributed by atoms with Gasteiger partial charge in [0.2, 0.25) is 0 Å². The lowest BCUT2D eigenvalue weighted by atomic mass is 9.97. The fraction of sp³-hybridized carbons (Fsp3) is 0.118. The van der Waals surface area contributed by atoms with Crippen molar-refractivity contribution in [1.82, 2.24) is 0 Å². The van der Waals surface area contributed by atoms with Crippen molar-refractivity contribution in [2.75, 3.05) is 6.61 Å². The van der Waals surface area contributed by atoms with Crippen LogP contribution in [0.15, 0.2) is 59.1 Å². The Morgan fingerprint density at radius 1 is 1.10 bits per heavy atom. The van der Waals surface area contributed by atoms with E-state index in [2.05, 4.69) is 15.9 Å². The monoisotopic (exact) mass is 348 g/mol. The predicted octanol–water partition coefficient (Wildman–Crippen LogP) is 4.58. The number of benzene rings is 2. The second-order valence-corrected chi connectivity index (χ2v) is 5.24. The number of carbonyl (C=O) groups is 1. The molecular formula is C17H14BrFO2. The molecule has 0 radical (unpaired) electrons. The molecule has 2 rings (SSSR count). The predicted molar refractivity (Wildman–Crippen MR) is 84.3 cm³/mol. The van der Waals surface area contributed by atoms with Crippen molar-refractivity contribution in [1.29, 1.82) is 0 Å². The van der Waals surface area contributed by atoms with Crippen molar-refractivity contribution in [3.63, 3.8) is 0 Å². The summed E-state index contributed by atoms with van der Waals surface area (Å²) < 4.78 is 19.0. The normalized spacial score (nSPS) is 11.3. The van der Waals surface area contributed by atoms with Gasteiger partial charge in [-0.15, -0.1) is 0 Å². The van der Waals surface area contributed by atoms with Crippen molar-refractivity contribution in [2.45, 2.75) is 6.92 Å². The number of carbonyl (C=O) groups excluding carboxylic acids is 1. The zero-order chi connectivity index (χ0) is 15.2. The Bertz CT molecular complexity index is 598. The Hall–Kier alpha value is -1.94. The molecule has 0 N–H and O–H groups in total. The summed E-state index contributed by atoms with van der Waals surface area (Å²) in [5, 5.41) is 0. The fourth-order valence-electron chi connectivity index (χ4n) is 1.89. The first kappa shape index (κ1) is 15.4. The number of esters is 1. The largest absolute Gasteiger partial charge is 0.463 e. The van der Waals surface area contributed by atoms with E-state index in [1.165, 1.54) is 18.2 Å². The summed E-state index contributed by atoms with van der Waals surface area (Å²) in [5.41, 5.74) is 2.31. The van der Waals surface area contributed by atoms with E-state index in [0.717, 1.165) is 15.6 Å². The molecule has 0 saturated carbocycles. The van der Waals surface area contributed by atoms with Gasteiger partial charge in [0.25, 0.3) is 0 Å². The lowest BCUT2D eigenvalue weighted by Crippen LogP contribution is -2.02. The summed E-state index contributed by atoms with van der Waals surface area (Å²) in [7, 11) is 0. The van der Waals surface area contributed by atoms with Crippen LogP contribution in [0.1, 0.15) is 18.1 Å². The molecule has 0 bridgehead atoms. The third-order valence-electron chi connectivity index (χ3n) is 2.86. The Morgan fingerprint density at radius 3 is 2.14 bits per heavy atom. The second kappa shape index (κ2) is 7.18. The van der Waals surface area contributed by atoms with Gasteiger partial charge >= 0.3 is 5.97 Å². The van der Waals surface area contributed by atoms with E-state index in [0.29, 0.717) is 12.2 Å². The molecule has 2 nitrogen and oxygen atoms in total. The van der Waals surface area contributed by atoms with Gasteiger partial charge < -0.3 is 4.74 Å². The molecule has 0 heterocycles. The molecule has 0 saturated heterocycles. The molecule has 0 aliphatic carbocycles. The van der Waals surface area contributed by atoms with Crippen LogP contribution in [-0.2, 0) is 9.53 Å². The standard InChI is InChI=1S/C17H14BrFO2/c1-2-21-17(20)11-16(12-3-7-14(18)8-4-12)13-5-9-15(19)10-6-13/h3-11H,2H2,1H3/b16-11-. The van der Waals surface area contributed by atoms with E-state index < -0.39 is 5.97 Å². The van der Waals surface area contributed by atoms with Crippen molar-refractivity contribution in [3.8, 4) is 0 Å². The molecule has 2 aromatic rings. The van der Waals surface area contributed by atoms with Gasteiger partial charge in [-0.25, -0.2) is 9.18 Å². The molecule has 0 aromatic heterocycles. The van der Waals surface area contributed by atoms with Gasteiger partial charge in [0.15, 0.2) is 0 Å². The van der Waals surface area contributed by atoms with Crippen LogP contribution in [0.4, 0.5) is 4.39 Å². The average Bonchev–Trinajstić information content (AvgIpc) is 2.47. The van der Waals surface area contributed by atoms with Crippen LogP contribution in [0.2, 0.25) is 0 Å². The lowest BCUT2D eigenvalue weighted by Gasteiger charge is -2.09. The third kappa shape index (κ3) is 4.26. The SMILES string of the molecule is CCOC(=O)/C=C(\c1ccc(F)cc1)c1ccc(Br)cc1. The first-order valence-corrected chi connectivity index (χ1v) is 7.30.